The third-order valence-electron chi connectivity index (χ3n) is 4.42. The van der Waals surface area contributed by atoms with E-state index in [0.717, 1.165) is 55.6 Å². The van der Waals surface area contributed by atoms with Gasteiger partial charge in [0.2, 0.25) is 5.95 Å². The first-order chi connectivity index (χ1) is 14.8. The molecular weight excluding hydrogens is 523 g/mol. The summed E-state index contributed by atoms with van der Waals surface area (Å²) in [5.74, 6) is 1.43. The minimum atomic E-state index is 0. The van der Waals surface area contributed by atoms with Crippen LogP contribution in [0.1, 0.15) is 23.8 Å². The molecule has 0 fully saturated rings. The molecule has 7 nitrogen and oxygen atoms in total. The summed E-state index contributed by atoms with van der Waals surface area (Å²) in [5.41, 5.74) is 3.11. The molecule has 31 heavy (non-hydrogen) atoms. The van der Waals surface area contributed by atoms with Crippen LogP contribution >= 0.6 is 35.3 Å². The van der Waals surface area contributed by atoms with Gasteiger partial charge < -0.3 is 15.0 Å². The van der Waals surface area contributed by atoms with Gasteiger partial charge in [0.25, 0.3) is 0 Å². The molecule has 1 aromatic carbocycles. The summed E-state index contributed by atoms with van der Waals surface area (Å²) >= 11 is 1.76. The lowest BCUT2D eigenvalue weighted by Gasteiger charge is -2.08. The molecule has 162 valence electrons. The summed E-state index contributed by atoms with van der Waals surface area (Å²) in [5, 5.41) is 21.6. The summed E-state index contributed by atoms with van der Waals surface area (Å²) in [6.45, 7) is 3.71. The fourth-order valence-electron chi connectivity index (χ4n) is 3.14. The molecule has 0 atom stereocenters. The second-order valence-corrected chi connectivity index (χ2v) is 7.47. The van der Waals surface area contributed by atoms with E-state index in [9.17, 15) is 5.26 Å². The zero-order valence-corrected chi connectivity index (χ0v) is 20.6. The number of aliphatic hydroxyl groups is 1. The van der Waals surface area contributed by atoms with E-state index < -0.39 is 0 Å². The van der Waals surface area contributed by atoms with Gasteiger partial charge >= 0.3 is 0 Å². The van der Waals surface area contributed by atoms with Crippen molar-refractivity contribution >= 4 is 52.4 Å². The van der Waals surface area contributed by atoms with Gasteiger partial charge in [0.15, 0.2) is 5.65 Å². The van der Waals surface area contributed by atoms with Crippen LogP contribution in [0.4, 0.5) is 5.95 Å². The number of aryl methyl sites for hydroxylation is 1. The van der Waals surface area contributed by atoms with Crippen molar-refractivity contribution in [1.82, 2.24) is 19.5 Å². The van der Waals surface area contributed by atoms with Crippen LogP contribution in [0.2, 0.25) is 0 Å². The summed E-state index contributed by atoms with van der Waals surface area (Å²) in [6, 6.07) is 13.9. The molecule has 0 aliphatic heterocycles. The molecule has 0 spiro atoms. The number of fused-ring (bicyclic) bond motifs is 1. The van der Waals surface area contributed by atoms with Crippen molar-refractivity contribution in [2.75, 3.05) is 19.0 Å². The minimum absolute atomic E-state index is 0. The highest BCUT2D eigenvalue weighted by Crippen LogP contribution is 2.25. The number of benzene rings is 1. The molecule has 0 aliphatic rings. The van der Waals surface area contributed by atoms with Gasteiger partial charge in [0.1, 0.15) is 11.3 Å². The summed E-state index contributed by atoms with van der Waals surface area (Å²) in [7, 11) is 1.00. The number of nitriles is 1. The molecule has 0 bridgehead atoms. The average molecular weight is 548 g/mol. The Morgan fingerprint density at radius 2 is 2.03 bits per heavy atom. The maximum atomic E-state index is 9.20. The van der Waals surface area contributed by atoms with Crippen LogP contribution in [0.25, 0.3) is 22.6 Å². The van der Waals surface area contributed by atoms with E-state index in [0.29, 0.717) is 11.5 Å². The highest BCUT2D eigenvalue weighted by Gasteiger charge is 2.15. The van der Waals surface area contributed by atoms with Gasteiger partial charge in [-0.05, 0) is 36.4 Å². The number of nitrogens with zero attached hydrogens (tertiary/aromatic N) is 5. The molecule has 3 aromatic heterocycles. The first-order valence-electron chi connectivity index (χ1n) is 9.73. The molecule has 4 aromatic rings. The maximum Gasteiger partial charge on any atom is 0.224 e. The first kappa shape index (κ1) is 24.7. The molecular formula is C22H25IN6OS. The zero-order chi connectivity index (χ0) is 21.3. The van der Waals surface area contributed by atoms with E-state index in [1.54, 1.807) is 23.6 Å². The number of hydrogen-bond acceptors (Lipinski definition) is 7. The van der Waals surface area contributed by atoms with E-state index in [4.69, 9.17) is 15.1 Å². The number of aliphatic hydroxyl groups excluding tert-OH is 1. The maximum absolute atomic E-state index is 9.20. The molecule has 0 saturated carbocycles. The van der Waals surface area contributed by atoms with Crippen LogP contribution in [0.3, 0.4) is 0 Å². The molecule has 0 aliphatic carbocycles. The normalized spacial score (nSPS) is 10.0. The van der Waals surface area contributed by atoms with Gasteiger partial charge in [-0.1, -0.05) is 25.1 Å². The highest BCUT2D eigenvalue weighted by molar-refractivity contribution is 14.0. The van der Waals surface area contributed by atoms with Crippen LogP contribution in [0.15, 0.2) is 48.0 Å². The van der Waals surface area contributed by atoms with E-state index in [1.807, 2.05) is 18.2 Å². The monoisotopic (exact) mass is 548 g/mol. The highest BCUT2D eigenvalue weighted by atomic mass is 127. The zero-order valence-electron chi connectivity index (χ0n) is 17.4. The standard InChI is InChI=1S/C21H20N6S.CH4O.HI/c1-2-10-27-19(16-6-3-5-15(12-16)13-22)25-18-14-24-21(26-20(18)27)23-9-8-17-7-4-11-28-17;1-2;/h3-7,11-12,14H,2,8-10H2,1H3,(H,23,24,26);2H,1H3;1H. The molecule has 0 saturated heterocycles. The number of halogens is 1. The van der Waals surface area contributed by atoms with Crippen molar-refractivity contribution in [3.63, 3.8) is 0 Å². The van der Waals surface area contributed by atoms with Gasteiger partial charge in [-0.25, -0.2) is 9.97 Å². The molecule has 4 rings (SSSR count). The van der Waals surface area contributed by atoms with Crippen molar-refractivity contribution in [3.8, 4) is 17.5 Å². The first-order valence-corrected chi connectivity index (χ1v) is 10.6. The number of nitrogens with one attached hydrogen (secondary N) is 1. The Bertz CT molecular complexity index is 1140. The third-order valence-corrected chi connectivity index (χ3v) is 5.36. The molecule has 0 amide bonds. The average Bonchev–Trinajstić information content (AvgIpc) is 3.44. The third kappa shape index (κ3) is 6.00. The Morgan fingerprint density at radius 3 is 2.74 bits per heavy atom. The van der Waals surface area contributed by atoms with Crippen molar-refractivity contribution < 1.29 is 5.11 Å². The predicted octanol–water partition coefficient (Wildman–Crippen LogP) is 4.72. The van der Waals surface area contributed by atoms with E-state index in [1.165, 1.54) is 4.88 Å². The van der Waals surface area contributed by atoms with Crippen molar-refractivity contribution in [3.05, 3.63) is 58.4 Å². The van der Waals surface area contributed by atoms with Crippen molar-refractivity contribution in [2.45, 2.75) is 26.3 Å². The fraction of sp³-hybridized carbons (Fsp3) is 0.273. The molecule has 0 unspecified atom stereocenters. The molecule has 0 radical (unpaired) electrons. The predicted molar refractivity (Wildman–Crippen MR) is 136 cm³/mol. The number of aromatic nitrogens is 4. The number of rotatable bonds is 7. The summed E-state index contributed by atoms with van der Waals surface area (Å²) in [6.07, 6.45) is 3.67. The lowest BCUT2D eigenvalue weighted by molar-refractivity contribution is 0.399. The number of hydrogen-bond donors (Lipinski definition) is 2. The Hall–Kier alpha value is -2.55. The minimum Gasteiger partial charge on any atom is -0.400 e. The van der Waals surface area contributed by atoms with E-state index >= 15 is 0 Å². The smallest absolute Gasteiger partial charge is 0.224 e. The van der Waals surface area contributed by atoms with Gasteiger partial charge in [0, 0.05) is 30.6 Å². The van der Waals surface area contributed by atoms with Crippen LogP contribution in [-0.4, -0.2) is 38.3 Å². The van der Waals surface area contributed by atoms with Crippen LogP contribution in [-0.2, 0) is 13.0 Å². The Morgan fingerprint density at radius 1 is 1.19 bits per heavy atom. The van der Waals surface area contributed by atoms with Gasteiger partial charge in [-0.15, -0.1) is 35.3 Å². The van der Waals surface area contributed by atoms with Crippen molar-refractivity contribution in [2.24, 2.45) is 0 Å². The van der Waals surface area contributed by atoms with Crippen LogP contribution in [0.5, 0.6) is 0 Å². The summed E-state index contributed by atoms with van der Waals surface area (Å²) in [4.78, 5) is 15.2. The van der Waals surface area contributed by atoms with Crippen LogP contribution in [0, 0.1) is 11.3 Å². The van der Waals surface area contributed by atoms with Gasteiger partial charge in [-0.3, -0.25) is 0 Å². The fourth-order valence-corrected chi connectivity index (χ4v) is 3.85. The van der Waals surface area contributed by atoms with Crippen LogP contribution < -0.4 is 5.32 Å². The number of anilines is 1. The lowest BCUT2D eigenvalue weighted by Crippen LogP contribution is -2.08. The molecule has 3 heterocycles. The molecule has 9 heteroatoms. The van der Waals surface area contributed by atoms with Crippen molar-refractivity contribution in [1.29, 1.82) is 5.26 Å². The Labute approximate surface area is 202 Å². The second kappa shape index (κ2) is 12.3. The SMILES string of the molecule is CCCn1c(-c2cccc(C#N)c2)nc2cnc(NCCc3cccs3)nc21.CO.I. The number of thiophene rings is 1. The Kier molecular flexibility index (Phi) is 9.84. The van der Waals surface area contributed by atoms with E-state index in [2.05, 4.69) is 45.4 Å². The number of imidazole rings is 1. The Balaban J connectivity index is 0.00000111. The van der Waals surface area contributed by atoms with Gasteiger partial charge in [-0.2, -0.15) is 10.2 Å². The lowest BCUT2D eigenvalue weighted by atomic mass is 10.1. The second-order valence-electron chi connectivity index (χ2n) is 6.44. The van der Waals surface area contributed by atoms with Gasteiger partial charge in [0.05, 0.1) is 17.8 Å². The summed E-state index contributed by atoms with van der Waals surface area (Å²) < 4.78 is 2.11. The molecule has 2 N–H and O–H groups in total. The largest absolute Gasteiger partial charge is 0.400 e. The topological polar surface area (TPSA) is 99.7 Å². The van der Waals surface area contributed by atoms with E-state index in [-0.39, 0.29) is 24.0 Å². The quantitative estimate of drug-likeness (QED) is 0.325.